The van der Waals surface area contributed by atoms with Crippen LogP contribution in [0, 0.1) is 0 Å². The molecule has 0 aliphatic carbocycles. The van der Waals surface area contributed by atoms with Gasteiger partial charge in [0, 0.05) is 17.5 Å². The maximum Gasteiger partial charge on any atom is 0.433 e. The molecule has 0 saturated carbocycles. The van der Waals surface area contributed by atoms with Crippen LogP contribution in [0.4, 0.5) is 36.8 Å². The Balaban J connectivity index is 1.73. The number of rotatable bonds is 4. The van der Waals surface area contributed by atoms with Crippen LogP contribution in [0.3, 0.4) is 0 Å². The predicted molar refractivity (Wildman–Crippen MR) is 123 cm³/mol. The molecule has 0 unspecified atom stereocenters. The molecule has 0 fully saturated rings. The first kappa shape index (κ1) is 27.2. The summed E-state index contributed by atoms with van der Waals surface area (Å²) in [5, 5.41) is 5.05. The van der Waals surface area contributed by atoms with Gasteiger partial charge in [-0.25, -0.2) is 22.7 Å². The van der Waals surface area contributed by atoms with Gasteiger partial charge in [0.25, 0.3) is 0 Å². The molecule has 0 atom stereocenters. The number of amides is 1. The average Bonchev–Trinajstić information content (AvgIpc) is 3.18. The third kappa shape index (κ3) is 5.67. The molecule has 8 nitrogen and oxygen atoms in total. The zero-order valence-electron chi connectivity index (χ0n) is 18.7. The van der Waals surface area contributed by atoms with E-state index in [9.17, 15) is 39.6 Å². The number of aromatic nitrogens is 3. The molecule has 0 aliphatic heterocycles. The molecule has 38 heavy (non-hydrogen) atoms. The van der Waals surface area contributed by atoms with Crippen LogP contribution in [0.1, 0.15) is 11.3 Å². The summed E-state index contributed by atoms with van der Waals surface area (Å²) in [5.41, 5.74) is -3.71. The first-order chi connectivity index (χ1) is 17.5. The quantitative estimate of drug-likeness (QED) is 0.294. The molecule has 4 aromatic rings. The van der Waals surface area contributed by atoms with Crippen molar-refractivity contribution in [3.63, 3.8) is 0 Å². The minimum atomic E-state index is -4.98. The van der Waals surface area contributed by atoms with E-state index in [1.165, 1.54) is 18.2 Å². The zero-order chi connectivity index (χ0) is 28.0. The number of alkyl halides is 6. The number of anilines is 1. The molecule has 1 N–H and O–H groups in total. The molecule has 0 aliphatic rings. The van der Waals surface area contributed by atoms with Gasteiger partial charge in [-0.3, -0.25) is 5.32 Å². The topological polar surface area (TPSA) is 103 Å². The summed E-state index contributed by atoms with van der Waals surface area (Å²) in [5.74, 6) is -0.521. The summed E-state index contributed by atoms with van der Waals surface area (Å²) in [6.07, 6.45) is -9.24. The molecular weight excluding hydrogens is 566 g/mol. The molecule has 200 valence electrons. The van der Waals surface area contributed by atoms with E-state index in [1.54, 1.807) is 0 Å². The largest absolute Gasteiger partial charge is 0.433 e. The number of ether oxygens (including phenoxy) is 1. The smallest absolute Gasteiger partial charge is 0.404 e. The van der Waals surface area contributed by atoms with E-state index in [0.29, 0.717) is 16.6 Å². The lowest BCUT2D eigenvalue weighted by Crippen LogP contribution is -2.17. The van der Waals surface area contributed by atoms with E-state index in [0.717, 1.165) is 30.7 Å². The Morgan fingerprint density at radius 1 is 1.03 bits per heavy atom. The Morgan fingerprint density at radius 2 is 1.74 bits per heavy atom. The van der Waals surface area contributed by atoms with E-state index in [1.807, 2.05) is 0 Å². The standard InChI is InChI=1S/C22H13ClF6N4O4S/c1-38(35,36)13-4-2-3-12(8-13)31-20(34)37-17-10-30-33-18(22(27,28)29)9-16(32-19(17)33)11-5-6-14(15(23)7-11)21(24,25)26/h2-10H,1H3,(H,31,34). The highest BCUT2D eigenvalue weighted by atomic mass is 35.5. The molecule has 2 aromatic carbocycles. The van der Waals surface area contributed by atoms with Gasteiger partial charge in [-0.1, -0.05) is 23.7 Å². The van der Waals surface area contributed by atoms with Crippen LogP contribution in [0.2, 0.25) is 5.02 Å². The molecule has 1 amide bonds. The molecule has 0 radical (unpaired) electrons. The third-order valence-electron chi connectivity index (χ3n) is 5.01. The summed E-state index contributed by atoms with van der Waals surface area (Å²) in [6, 6.07) is 7.97. The van der Waals surface area contributed by atoms with Crippen molar-refractivity contribution >= 4 is 38.9 Å². The van der Waals surface area contributed by atoms with Crippen LogP contribution < -0.4 is 10.1 Å². The van der Waals surface area contributed by atoms with E-state index in [-0.39, 0.29) is 16.1 Å². The van der Waals surface area contributed by atoms with Crippen molar-refractivity contribution in [2.24, 2.45) is 0 Å². The molecule has 2 aromatic heterocycles. The highest BCUT2D eigenvalue weighted by Gasteiger charge is 2.37. The number of carbonyl (C=O) groups is 1. The lowest BCUT2D eigenvalue weighted by atomic mass is 10.1. The predicted octanol–water partition coefficient (Wildman–Crippen LogP) is 6.10. The summed E-state index contributed by atoms with van der Waals surface area (Å²) in [7, 11) is -3.60. The van der Waals surface area contributed by atoms with Crippen molar-refractivity contribution in [1.82, 2.24) is 14.6 Å². The highest BCUT2D eigenvalue weighted by molar-refractivity contribution is 7.90. The second kappa shape index (κ2) is 9.47. The van der Waals surface area contributed by atoms with Gasteiger partial charge in [0.2, 0.25) is 0 Å². The Hall–Kier alpha value is -3.85. The molecule has 0 spiro atoms. The van der Waals surface area contributed by atoms with Crippen LogP contribution in [0.25, 0.3) is 16.9 Å². The average molecular weight is 579 g/mol. The fourth-order valence-corrected chi connectivity index (χ4v) is 4.27. The van der Waals surface area contributed by atoms with Gasteiger partial charge in [-0.2, -0.15) is 31.4 Å². The van der Waals surface area contributed by atoms with Crippen LogP contribution >= 0.6 is 11.6 Å². The number of nitrogens with one attached hydrogen (secondary N) is 1. The maximum atomic E-state index is 13.8. The summed E-state index contributed by atoms with van der Waals surface area (Å²) < 4.78 is 109. The van der Waals surface area contributed by atoms with E-state index in [2.05, 4.69) is 15.4 Å². The van der Waals surface area contributed by atoms with Gasteiger partial charge in [-0.15, -0.1) is 0 Å². The van der Waals surface area contributed by atoms with Crippen LogP contribution in [-0.4, -0.2) is 35.4 Å². The first-order valence-electron chi connectivity index (χ1n) is 10.2. The highest BCUT2D eigenvalue weighted by Crippen LogP contribution is 2.38. The second-order valence-corrected chi connectivity index (χ2v) is 10.2. The van der Waals surface area contributed by atoms with Gasteiger partial charge in [0.1, 0.15) is 0 Å². The van der Waals surface area contributed by atoms with Crippen LogP contribution in [0.5, 0.6) is 5.75 Å². The van der Waals surface area contributed by atoms with Crippen LogP contribution in [0.15, 0.2) is 59.6 Å². The summed E-state index contributed by atoms with van der Waals surface area (Å²) in [6.45, 7) is 0. The Kier molecular flexibility index (Phi) is 6.78. The van der Waals surface area contributed by atoms with Crippen molar-refractivity contribution < 1.29 is 44.3 Å². The minimum absolute atomic E-state index is 0.0124. The number of halogens is 7. The van der Waals surface area contributed by atoms with Crippen molar-refractivity contribution in [1.29, 1.82) is 0 Å². The van der Waals surface area contributed by atoms with E-state index < -0.39 is 61.7 Å². The van der Waals surface area contributed by atoms with Gasteiger partial charge in [0.05, 0.1) is 27.4 Å². The number of benzene rings is 2. The second-order valence-electron chi connectivity index (χ2n) is 7.78. The Morgan fingerprint density at radius 3 is 2.34 bits per heavy atom. The number of fused-ring (bicyclic) bond motifs is 1. The van der Waals surface area contributed by atoms with Gasteiger partial charge in [-0.05, 0) is 36.4 Å². The minimum Gasteiger partial charge on any atom is -0.404 e. The van der Waals surface area contributed by atoms with E-state index >= 15 is 0 Å². The van der Waals surface area contributed by atoms with Gasteiger partial charge < -0.3 is 4.74 Å². The zero-order valence-corrected chi connectivity index (χ0v) is 20.3. The monoisotopic (exact) mass is 578 g/mol. The van der Waals surface area contributed by atoms with Crippen molar-refractivity contribution in [2.45, 2.75) is 17.2 Å². The van der Waals surface area contributed by atoms with Crippen molar-refractivity contribution in [3.05, 3.63) is 71.0 Å². The summed E-state index contributed by atoms with van der Waals surface area (Å²) in [4.78, 5) is 16.3. The number of carbonyl (C=O) groups excluding carboxylic acids is 1. The number of sulfone groups is 1. The molecule has 0 bridgehead atoms. The fourth-order valence-electron chi connectivity index (χ4n) is 3.32. The Labute approximate surface area is 214 Å². The van der Waals surface area contributed by atoms with Crippen LogP contribution in [-0.2, 0) is 22.2 Å². The number of nitrogens with zero attached hydrogens (tertiary/aromatic N) is 3. The fraction of sp³-hybridized carbons (Fsp3) is 0.136. The van der Waals surface area contributed by atoms with Crippen molar-refractivity contribution in [3.8, 4) is 17.0 Å². The molecule has 0 saturated heterocycles. The number of hydrogen-bond acceptors (Lipinski definition) is 6. The van der Waals surface area contributed by atoms with Gasteiger partial charge >= 0.3 is 18.4 Å². The van der Waals surface area contributed by atoms with E-state index in [4.69, 9.17) is 16.3 Å². The lowest BCUT2D eigenvalue weighted by molar-refractivity contribution is -0.142. The van der Waals surface area contributed by atoms with Crippen molar-refractivity contribution in [2.75, 3.05) is 11.6 Å². The Bertz CT molecular complexity index is 1670. The third-order valence-corrected chi connectivity index (χ3v) is 6.43. The SMILES string of the molecule is CS(=O)(=O)c1cccc(NC(=O)Oc2cnn3c(C(F)(F)F)cc(-c4ccc(C(F)(F)F)c(Cl)c4)nc23)c1. The molecule has 16 heteroatoms. The number of hydrogen-bond donors (Lipinski definition) is 1. The first-order valence-corrected chi connectivity index (χ1v) is 12.4. The maximum absolute atomic E-state index is 13.8. The normalized spacial score (nSPS) is 12.5. The molecule has 2 heterocycles. The summed E-state index contributed by atoms with van der Waals surface area (Å²) >= 11 is 5.70. The molecular formula is C22H13ClF6N4O4S. The van der Waals surface area contributed by atoms with Gasteiger partial charge in [0.15, 0.2) is 26.9 Å². The lowest BCUT2D eigenvalue weighted by Gasteiger charge is -2.13. The molecule has 4 rings (SSSR count).